The van der Waals surface area contributed by atoms with Crippen LogP contribution in [-0.2, 0) is 0 Å². The molecule has 0 aliphatic rings. The van der Waals surface area contributed by atoms with Crippen LogP contribution < -0.4 is 5.73 Å². The fourth-order valence-corrected chi connectivity index (χ4v) is 3.21. The second kappa shape index (κ2) is 5.25. The minimum absolute atomic E-state index is 0. The molecular formula is C18H13ClF3N. The highest BCUT2D eigenvalue weighted by atomic mass is 35.5. The van der Waals surface area contributed by atoms with Crippen molar-refractivity contribution in [2.24, 2.45) is 5.73 Å². The SMILES string of the molecule is Cl.N[C@H](c1ccc2ccc3cccc4ccc1c2c34)C(F)(F)F. The van der Waals surface area contributed by atoms with E-state index in [-0.39, 0.29) is 18.0 Å². The van der Waals surface area contributed by atoms with Crippen molar-refractivity contribution in [1.29, 1.82) is 0 Å². The van der Waals surface area contributed by atoms with Crippen LogP contribution in [0.4, 0.5) is 13.2 Å². The topological polar surface area (TPSA) is 26.0 Å². The molecule has 0 unspecified atom stereocenters. The summed E-state index contributed by atoms with van der Waals surface area (Å²) in [6.07, 6.45) is -4.46. The number of hydrogen-bond donors (Lipinski definition) is 1. The molecule has 0 saturated heterocycles. The smallest absolute Gasteiger partial charge is 0.316 e. The Kier molecular flexibility index (Phi) is 3.62. The Morgan fingerprint density at radius 3 is 1.87 bits per heavy atom. The molecule has 4 aromatic rings. The lowest BCUT2D eigenvalue weighted by Gasteiger charge is -2.20. The monoisotopic (exact) mass is 335 g/mol. The van der Waals surface area contributed by atoms with Gasteiger partial charge in [-0.05, 0) is 37.9 Å². The van der Waals surface area contributed by atoms with Crippen LogP contribution in [0.5, 0.6) is 0 Å². The highest BCUT2D eigenvalue weighted by Gasteiger charge is 2.38. The molecule has 0 fully saturated rings. The highest BCUT2D eigenvalue weighted by Crippen LogP contribution is 2.40. The van der Waals surface area contributed by atoms with Gasteiger partial charge in [0.25, 0.3) is 0 Å². The third-order valence-electron chi connectivity index (χ3n) is 4.25. The molecule has 1 nitrogen and oxygen atoms in total. The molecular weight excluding hydrogens is 323 g/mol. The molecule has 23 heavy (non-hydrogen) atoms. The van der Waals surface area contributed by atoms with E-state index in [9.17, 15) is 13.2 Å². The summed E-state index contributed by atoms with van der Waals surface area (Å²) in [5.74, 6) is 0. The zero-order valence-corrected chi connectivity index (χ0v) is 12.7. The Balaban J connectivity index is 0.00000156. The maximum Gasteiger partial charge on any atom is 0.407 e. The fourth-order valence-electron chi connectivity index (χ4n) is 3.21. The first-order valence-corrected chi connectivity index (χ1v) is 6.95. The summed E-state index contributed by atoms with van der Waals surface area (Å²) in [5.41, 5.74) is 5.57. The molecule has 0 aromatic heterocycles. The normalized spacial score (nSPS) is 13.6. The standard InChI is InChI=1S/C18H12F3N.ClH/c19-18(20,21)17(22)14-9-7-12-5-4-10-2-1-3-11-6-8-13(14)16(12)15(10)11;/h1-9,17H,22H2;1H/t17-;/m1./s1. The van der Waals surface area contributed by atoms with Gasteiger partial charge in [-0.3, -0.25) is 0 Å². The van der Waals surface area contributed by atoms with Gasteiger partial charge in [-0.25, -0.2) is 0 Å². The zero-order chi connectivity index (χ0) is 15.5. The predicted octanol–water partition coefficient (Wildman–Crippen LogP) is 5.57. The molecule has 4 rings (SSSR count). The number of nitrogens with two attached hydrogens (primary N) is 1. The Hall–Kier alpha value is -2.04. The lowest BCUT2D eigenvalue weighted by molar-refractivity contribution is -0.148. The molecule has 0 bridgehead atoms. The largest absolute Gasteiger partial charge is 0.407 e. The van der Waals surface area contributed by atoms with Crippen molar-refractivity contribution in [2.45, 2.75) is 12.2 Å². The van der Waals surface area contributed by atoms with E-state index in [2.05, 4.69) is 0 Å². The van der Waals surface area contributed by atoms with E-state index < -0.39 is 12.2 Å². The number of rotatable bonds is 1. The van der Waals surface area contributed by atoms with E-state index in [0.717, 1.165) is 26.9 Å². The third kappa shape index (κ3) is 2.30. The second-order valence-electron chi connectivity index (χ2n) is 5.53. The lowest BCUT2D eigenvalue weighted by atomic mass is 9.90. The number of benzene rings is 4. The molecule has 1 atom stereocenters. The molecule has 4 aromatic carbocycles. The average Bonchev–Trinajstić information content (AvgIpc) is 2.51. The number of hydrogen-bond acceptors (Lipinski definition) is 1. The highest BCUT2D eigenvalue weighted by molar-refractivity contribution is 6.23. The van der Waals surface area contributed by atoms with E-state index in [1.807, 2.05) is 36.4 Å². The van der Waals surface area contributed by atoms with Gasteiger partial charge in [-0.1, -0.05) is 54.6 Å². The molecule has 118 valence electrons. The Labute approximate surface area is 136 Å². The maximum absolute atomic E-state index is 13.0. The van der Waals surface area contributed by atoms with Gasteiger partial charge in [0, 0.05) is 0 Å². The Morgan fingerprint density at radius 1 is 0.739 bits per heavy atom. The van der Waals surface area contributed by atoms with Crippen LogP contribution in [-0.4, -0.2) is 6.18 Å². The molecule has 2 N–H and O–H groups in total. The van der Waals surface area contributed by atoms with Crippen molar-refractivity contribution < 1.29 is 13.2 Å². The van der Waals surface area contributed by atoms with Gasteiger partial charge < -0.3 is 5.73 Å². The molecule has 0 heterocycles. The van der Waals surface area contributed by atoms with E-state index >= 15 is 0 Å². The third-order valence-corrected chi connectivity index (χ3v) is 4.25. The molecule has 0 saturated carbocycles. The summed E-state index contributed by atoms with van der Waals surface area (Å²) in [6.45, 7) is 0. The van der Waals surface area contributed by atoms with Crippen LogP contribution in [0, 0.1) is 0 Å². The van der Waals surface area contributed by atoms with Gasteiger partial charge in [0.15, 0.2) is 0 Å². The van der Waals surface area contributed by atoms with E-state index in [4.69, 9.17) is 5.73 Å². The number of alkyl halides is 3. The van der Waals surface area contributed by atoms with E-state index in [0.29, 0.717) is 5.39 Å². The minimum atomic E-state index is -4.46. The van der Waals surface area contributed by atoms with Crippen LogP contribution >= 0.6 is 12.4 Å². The fraction of sp³-hybridized carbons (Fsp3) is 0.111. The van der Waals surface area contributed by atoms with Crippen LogP contribution in [0.15, 0.2) is 54.6 Å². The van der Waals surface area contributed by atoms with Gasteiger partial charge in [-0.2, -0.15) is 13.2 Å². The molecule has 0 aliphatic heterocycles. The van der Waals surface area contributed by atoms with Crippen molar-refractivity contribution >= 4 is 44.7 Å². The minimum Gasteiger partial charge on any atom is -0.316 e. The van der Waals surface area contributed by atoms with Crippen molar-refractivity contribution in [3.63, 3.8) is 0 Å². The van der Waals surface area contributed by atoms with Crippen molar-refractivity contribution in [3.8, 4) is 0 Å². The summed E-state index contributed by atoms with van der Waals surface area (Å²) in [4.78, 5) is 0. The Morgan fingerprint density at radius 2 is 1.26 bits per heavy atom. The van der Waals surface area contributed by atoms with Gasteiger partial charge in [0.05, 0.1) is 0 Å². The Bertz CT molecular complexity index is 978. The summed E-state index contributed by atoms with van der Waals surface area (Å²) >= 11 is 0. The zero-order valence-electron chi connectivity index (χ0n) is 11.9. The van der Waals surface area contributed by atoms with Crippen LogP contribution in [0.1, 0.15) is 11.6 Å². The summed E-state index contributed by atoms with van der Waals surface area (Å²) < 4.78 is 39.1. The van der Waals surface area contributed by atoms with Crippen LogP contribution in [0.25, 0.3) is 32.3 Å². The predicted molar refractivity (Wildman–Crippen MR) is 90.4 cm³/mol. The van der Waals surface area contributed by atoms with Gasteiger partial charge in [0.1, 0.15) is 6.04 Å². The van der Waals surface area contributed by atoms with Gasteiger partial charge in [-0.15, -0.1) is 12.4 Å². The quantitative estimate of drug-likeness (QED) is 0.452. The molecule has 0 amide bonds. The van der Waals surface area contributed by atoms with Crippen LogP contribution in [0.3, 0.4) is 0 Å². The summed E-state index contributed by atoms with van der Waals surface area (Å²) in [7, 11) is 0. The molecule has 5 heteroatoms. The molecule has 0 radical (unpaired) electrons. The van der Waals surface area contributed by atoms with E-state index in [1.54, 1.807) is 12.1 Å². The summed E-state index contributed by atoms with van der Waals surface area (Å²) in [6, 6.07) is 14.6. The number of halogens is 4. The van der Waals surface area contributed by atoms with Gasteiger partial charge >= 0.3 is 6.18 Å². The first-order valence-electron chi connectivity index (χ1n) is 6.95. The van der Waals surface area contributed by atoms with Crippen LogP contribution in [0.2, 0.25) is 0 Å². The average molecular weight is 336 g/mol. The molecule has 0 spiro atoms. The molecule has 0 aliphatic carbocycles. The van der Waals surface area contributed by atoms with Crippen molar-refractivity contribution in [2.75, 3.05) is 0 Å². The van der Waals surface area contributed by atoms with Crippen molar-refractivity contribution in [3.05, 3.63) is 60.2 Å². The first kappa shape index (κ1) is 15.8. The summed E-state index contributed by atoms with van der Waals surface area (Å²) in [5, 5.41) is 5.40. The lowest BCUT2D eigenvalue weighted by Crippen LogP contribution is -2.28. The van der Waals surface area contributed by atoms with E-state index in [1.165, 1.54) is 6.07 Å². The second-order valence-corrected chi connectivity index (χ2v) is 5.53. The van der Waals surface area contributed by atoms with Crippen molar-refractivity contribution in [1.82, 2.24) is 0 Å². The van der Waals surface area contributed by atoms with Gasteiger partial charge in [0.2, 0.25) is 0 Å². The maximum atomic E-state index is 13.0. The first-order chi connectivity index (χ1) is 10.5.